The van der Waals surface area contributed by atoms with E-state index in [0.717, 1.165) is 19.5 Å². The lowest BCUT2D eigenvalue weighted by Gasteiger charge is -1.91. The van der Waals surface area contributed by atoms with Crippen LogP contribution in [0.1, 0.15) is 6.42 Å². The number of hydrogen-bond acceptors (Lipinski definition) is 2. The van der Waals surface area contributed by atoms with Gasteiger partial charge in [0.15, 0.2) is 0 Å². The van der Waals surface area contributed by atoms with Crippen LogP contribution in [0, 0.1) is 5.82 Å². The second-order valence-corrected chi connectivity index (χ2v) is 3.05. The summed E-state index contributed by atoms with van der Waals surface area (Å²) in [5.41, 5.74) is 5.47. The van der Waals surface area contributed by atoms with Crippen molar-refractivity contribution in [3.05, 3.63) is 36.1 Å². The summed E-state index contributed by atoms with van der Waals surface area (Å²) in [6, 6.07) is 8.37. The molecule has 3 N–H and O–H groups in total. The van der Waals surface area contributed by atoms with Crippen LogP contribution in [0.4, 0.5) is 4.39 Å². The average Bonchev–Trinajstić information content (AvgIpc) is 2.58. The monoisotopic (exact) mass is 182 g/mol. The van der Waals surface area contributed by atoms with E-state index < -0.39 is 0 Å². The predicted molar refractivity (Wildman–Crippen MR) is 51.9 cm³/mol. The van der Waals surface area contributed by atoms with Crippen molar-refractivity contribution in [2.75, 3.05) is 13.1 Å². The molecule has 0 aromatic heterocycles. The smallest absolute Gasteiger partial charge is 0.123 e. The predicted octanol–water partition coefficient (Wildman–Crippen LogP) is 1.13. The number of nitrogens with one attached hydrogen (secondary N) is 1. The van der Waals surface area contributed by atoms with Gasteiger partial charge < -0.3 is 11.1 Å². The fourth-order valence-corrected chi connectivity index (χ4v) is 1.09. The average molecular weight is 182 g/mol. The van der Waals surface area contributed by atoms with Crippen molar-refractivity contribution in [1.29, 1.82) is 0 Å². The topological polar surface area (TPSA) is 38.0 Å². The third-order valence-electron chi connectivity index (χ3n) is 1.83. The third-order valence-corrected chi connectivity index (χ3v) is 1.83. The van der Waals surface area contributed by atoms with Gasteiger partial charge in [-0.25, -0.2) is 4.39 Å². The van der Waals surface area contributed by atoms with Gasteiger partial charge in [0.25, 0.3) is 0 Å². The molecular weight excluding hydrogens is 167 g/mol. The van der Waals surface area contributed by atoms with Crippen molar-refractivity contribution in [2.24, 2.45) is 5.73 Å². The second kappa shape index (κ2) is 5.67. The Hall–Kier alpha value is -0.930. The molecule has 1 aliphatic rings. The summed E-state index contributed by atoms with van der Waals surface area (Å²) >= 11 is 0. The Bertz CT molecular complexity index is 220. The molecule has 0 spiro atoms. The Labute approximate surface area is 77.9 Å². The lowest BCUT2D eigenvalue weighted by molar-refractivity contribution is 0.628. The van der Waals surface area contributed by atoms with Crippen molar-refractivity contribution < 1.29 is 4.39 Å². The molecule has 1 aromatic rings. The zero-order valence-corrected chi connectivity index (χ0v) is 7.54. The molecule has 2 rings (SSSR count). The zero-order chi connectivity index (χ0) is 9.52. The molecule has 72 valence electrons. The normalized spacial score (nSPS) is 20.6. The lowest BCUT2D eigenvalue weighted by Crippen LogP contribution is -2.21. The van der Waals surface area contributed by atoms with Crippen molar-refractivity contribution in [2.45, 2.75) is 12.5 Å². The standard InChI is InChI=1S/C6H5F.C4H10N2/c7-6-4-2-1-3-5-6;5-4-1-2-6-3-4/h1-5H;4,6H,1-3,5H2. The van der Waals surface area contributed by atoms with Gasteiger partial charge in [-0.05, 0) is 25.1 Å². The first-order valence-electron chi connectivity index (χ1n) is 4.46. The van der Waals surface area contributed by atoms with E-state index in [9.17, 15) is 4.39 Å². The molecule has 1 unspecified atom stereocenters. The van der Waals surface area contributed by atoms with Crippen LogP contribution in [0.15, 0.2) is 30.3 Å². The first kappa shape index (κ1) is 10.2. The van der Waals surface area contributed by atoms with Crippen molar-refractivity contribution >= 4 is 0 Å². The summed E-state index contributed by atoms with van der Waals surface area (Å²) in [5, 5.41) is 3.15. The second-order valence-electron chi connectivity index (χ2n) is 3.05. The van der Waals surface area contributed by atoms with E-state index in [2.05, 4.69) is 5.32 Å². The van der Waals surface area contributed by atoms with Gasteiger partial charge in [0.2, 0.25) is 0 Å². The molecule has 0 saturated carbocycles. The molecule has 1 aromatic carbocycles. The maximum atomic E-state index is 11.9. The fourth-order valence-electron chi connectivity index (χ4n) is 1.09. The molecule has 1 heterocycles. The summed E-state index contributed by atoms with van der Waals surface area (Å²) in [5.74, 6) is -0.178. The molecule has 1 fully saturated rings. The molecule has 1 aliphatic heterocycles. The van der Waals surface area contributed by atoms with Crippen molar-refractivity contribution in [1.82, 2.24) is 5.32 Å². The van der Waals surface area contributed by atoms with Crippen LogP contribution < -0.4 is 11.1 Å². The highest BCUT2D eigenvalue weighted by Crippen LogP contribution is 1.91. The molecule has 0 bridgehead atoms. The van der Waals surface area contributed by atoms with Gasteiger partial charge in [-0.3, -0.25) is 0 Å². The minimum Gasteiger partial charge on any atom is -0.327 e. The Morgan fingerprint density at radius 1 is 1.31 bits per heavy atom. The summed E-state index contributed by atoms with van der Waals surface area (Å²) in [7, 11) is 0. The molecule has 0 amide bonds. The SMILES string of the molecule is Fc1ccccc1.NC1CCNC1. The van der Waals surface area contributed by atoms with E-state index in [1.165, 1.54) is 12.1 Å². The number of hydrogen-bond donors (Lipinski definition) is 2. The van der Waals surface area contributed by atoms with Crippen LogP contribution in [0.25, 0.3) is 0 Å². The van der Waals surface area contributed by atoms with E-state index >= 15 is 0 Å². The molecule has 2 nitrogen and oxygen atoms in total. The minimum absolute atomic E-state index is 0.178. The summed E-state index contributed by atoms with van der Waals surface area (Å²) < 4.78 is 11.9. The molecule has 1 atom stereocenters. The molecule has 1 saturated heterocycles. The van der Waals surface area contributed by atoms with Crippen LogP contribution in [0.5, 0.6) is 0 Å². The van der Waals surface area contributed by atoms with E-state index in [1.54, 1.807) is 18.2 Å². The van der Waals surface area contributed by atoms with Crippen LogP contribution in [0.2, 0.25) is 0 Å². The minimum atomic E-state index is -0.178. The Kier molecular flexibility index (Phi) is 4.43. The number of benzene rings is 1. The van der Waals surface area contributed by atoms with E-state index in [1.807, 2.05) is 0 Å². The van der Waals surface area contributed by atoms with Gasteiger partial charge in [0.05, 0.1) is 0 Å². The van der Waals surface area contributed by atoms with Crippen molar-refractivity contribution in [3.8, 4) is 0 Å². The van der Waals surface area contributed by atoms with Crippen LogP contribution in [-0.4, -0.2) is 19.1 Å². The van der Waals surface area contributed by atoms with Crippen LogP contribution in [-0.2, 0) is 0 Å². The zero-order valence-electron chi connectivity index (χ0n) is 7.54. The highest BCUT2D eigenvalue weighted by atomic mass is 19.1. The van der Waals surface area contributed by atoms with E-state index in [-0.39, 0.29) is 5.82 Å². The summed E-state index contributed by atoms with van der Waals surface area (Å²) in [4.78, 5) is 0. The Morgan fingerprint density at radius 2 is 2.00 bits per heavy atom. The summed E-state index contributed by atoms with van der Waals surface area (Å²) in [6.07, 6.45) is 1.15. The molecular formula is C10H15FN2. The molecule has 3 heteroatoms. The molecule has 13 heavy (non-hydrogen) atoms. The van der Waals surface area contributed by atoms with Gasteiger partial charge in [0.1, 0.15) is 5.82 Å². The Morgan fingerprint density at radius 3 is 2.23 bits per heavy atom. The van der Waals surface area contributed by atoms with E-state index in [0.29, 0.717) is 6.04 Å². The molecule has 0 radical (unpaired) electrons. The first-order chi connectivity index (χ1) is 6.29. The van der Waals surface area contributed by atoms with Gasteiger partial charge >= 0.3 is 0 Å². The van der Waals surface area contributed by atoms with Crippen LogP contribution >= 0.6 is 0 Å². The van der Waals surface area contributed by atoms with Gasteiger partial charge in [-0.1, -0.05) is 18.2 Å². The number of rotatable bonds is 0. The Balaban J connectivity index is 0.000000132. The quantitative estimate of drug-likeness (QED) is 0.631. The van der Waals surface area contributed by atoms with E-state index in [4.69, 9.17) is 5.73 Å². The maximum absolute atomic E-state index is 11.9. The molecule has 0 aliphatic carbocycles. The van der Waals surface area contributed by atoms with Gasteiger partial charge in [-0.15, -0.1) is 0 Å². The van der Waals surface area contributed by atoms with Crippen molar-refractivity contribution in [3.63, 3.8) is 0 Å². The van der Waals surface area contributed by atoms with Crippen LogP contribution in [0.3, 0.4) is 0 Å². The lowest BCUT2D eigenvalue weighted by atomic mass is 10.3. The first-order valence-corrected chi connectivity index (χ1v) is 4.46. The third kappa shape index (κ3) is 4.60. The fraction of sp³-hybridized carbons (Fsp3) is 0.400. The largest absolute Gasteiger partial charge is 0.327 e. The highest BCUT2D eigenvalue weighted by molar-refractivity contribution is 5.02. The van der Waals surface area contributed by atoms with Gasteiger partial charge in [-0.2, -0.15) is 0 Å². The summed E-state index contributed by atoms with van der Waals surface area (Å²) in [6.45, 7) is 2.13. The highest BCUT2D eigenvalue weighted by Gasteiger charge is 2.06. The number of nitrogens with two attached hydrogens (primary N) is 1. The number of halogens is 1. The maximum Gasteiger partial charge on any atom is 0.123 e. The van der Waals surface area contributed by atoms with Gasteiger partial charge in [0, 0.05) is 12.6 Å².